The number of rotatable bonds is 6. The van der Waals surface area contributed by atoms with Crippen LogP contribution in [0, 0.1) is 82.9 Å². The minimum atomic E-state index is 0.937. The van der Waals surface area contributed by atoms with Crippen LogP contribution in [-0.4, -0.2) is 23.0 Å². The van der Waals surface area contributed by atoms with Crippen molar-refractivity contribution in [2.75, 3.05) is 0 Å². The summed E-state index contributed by atoms with van der Waals surface area (Å²) in [6.07, 6.45) is 52.4. The molecule has 1 heteroatoms. The third-order valence-electron chi connectivity index (χ3n) is 20.4. The van der Waals surface area contributed by atoms with Gasteiger partial charge in [0.1, 0.15) is 0 Å². The van der Waals surface area contributed by atoms with Gasteiger partial charge in [0.05, 0.1) is 0 Å². The zero-order chi connectivity index (χ0) is 33.7. The van der Waals surface area contributed by atoms with Crippen molar-refractivity contribution in [3.63, 3.8) is 0 Å². The topological polar surface area (TPSA) is 3.24 Å². The van der Waals surface area contributed by atoms with E-state index in [1.807, 2.05) is 0 Å². The van der Waals surface area contributed by atoms with E-state index in [-0.39, 0.29) is 0 Å². The van der Waals surface area contributed by atoms with Gasteiger partial charge < -0.3 is 0 Å². The molecule has 10 fully saturated rings. The number of fused-ring (bicyclic) bond motifs is 5. The fraction of sp³-hybridized carbons (Fsp3) is 1.00. The molecule has 0 N–H and O–H groups in total. The van der Waals surface area contributed by atoms with Crippen molar-refractivity contribution in [1.82, 2.24) is 4.90 Å². The van der Waals surface area contributed by atoms with Crippen LogP contribution in [0.1, 0.15) is 212 Å². The van der Waals surface area contributed by atoms with E-state index in [0.29, 0.717) is 0 Å². The maximum atomic E-state index is 3.40. The summed E-state index contributed by atoms with van der Waals surface area (Å²) in [7, 11) is 0. The average molecular weight is 698 g/mol. The van der Waals surface area contributed by atoms with Crippen molar-refractivity contribution in [2.24, 2.45) is 82.9 Å². The molecular formula is C50H83N. The van der Waals surface area contributed by atoms with E-state index in [0.717, 1.165) is 101 Å². The van der Waals surface area contributed by atoms with Gasteiger partial charge in [-0.2, -0.15) is 0 Å². The van der Waals surface area contributed by atoms with E-state index in [1.165, 1.54) is 25.7 Å². The molecule has 10 rings (SSSR count). The van der Waals surface area contributed by atoms with Crippen LogP contribution in [0.5, 0.6) is 0 Å². The standard InChI is InChI=1S/C50H83N/c1-3-10-34(11-4-1)37-20-23-45(24-21-37)51(46-25-22-36-14-7-8-15-38(36)32-46)47-26-27-49-44(33-47)30-41-16-9-17-48(50(41)49)40-19-18-39-28-42(31-43(39)29-40)35-12-5-2-6-13-35/h34-50H,1-33H2. The highest BCUT2D eigenvalue weighted by molar-refractivity contribution is 5.05. The van der Waals surface area contributed by atoms with E-state index < -0.39 is 0 Å². The predicted octanol–water partition coefficient (Wildman–Crippen LogP) is 14.0. The maximum Gasteiger partial charge on any atom is 0.0104 e. The van der Waals surface area contributed by atoms with Gasteiger partial charge in [-0.3, -0.25) is 4.90 Å². The van der Waals surface area contributed by atoms with Gasteiger partial charge in [-0.05, 0) is 192 Å². The zero-order valence-corrected chi connectivity index (χ0v) is 33.6. The van der Waals surface area contributed by atoms with Gasteiger partial charge in [-0.15, -0.1) is 0 Å². The Bertz CT molecular complexity index is 1110. The van der Waals surface area contributed by atoms with Crippen molar-refractivity contribution < 1.29 is 0 Å². The Kier molecular flexibility index (Phi) is 11.0. The van der Waals surface area contributed by atoms with Gasteiger partial charge in [0.2, 0.25) is 0 Å². The summed E-state index contributed by atoms with van der Waals surface area (Å²) in [5.74, 6) is 15.6. The van der Waals surface area contributed by atoms with Crippen molar-refractivity contribution >= 4 is 0 Å². The number of nitrogens with zero attached hydrogens (tertiary/aromatic N) is 1. The molecule has 288 valence electrons. The first kappa shape index (κ1) is 35.4. The molecule has 0 bridgehead atoms. The van der Waals surface area contributed by atoms with Gasteiger partial charge in [0, 0.05) is 18.1 Å². The summed E-state index contributed by atoms with van der Waals surface area (Å²) in [6.45, 7) is 0. The van der Waals surface area contributed by atoms with E-state index in [2.05, 4.69) is 4.90 Å². The third kappa shape index (κ3) is 7.24. The molecule has 51 heavy (non-hydrogen) atoms. The van der Waals surface area contributed by atoms with E-state index in [9.17, 15) is 0 Å². The summed E-state index contributed by atoms with van der Waals surface area (Å²) >= 11 is 0. The first-order valence-corrected chi connectivity index (χ1v) is 25.0. The lowest BCUT2D eigenvalue weighted by Gasteiger charge is -2.53. The molecule has 10 saturated carbocycles. The Morgan fingerprint density at radius 3 is 1.37 bits per heavy atom. The number of hydrogen-bond acceptors (Lipinski definition) is 1. The molecule has 1 nitrogen and oxygen atoms in total. The molecule has 10 aliphatic carbocycles. The Labute approximate surface area is 316 Å². The Balaban J connectivity index is 0.813. The second-order valence-corrected chi connectivity index (χ2v) is 22.5. The van der Waals surface area contributed by atoms with E-state index in [1.54, 1.807) is 186 Å². The third-order valence-corrected chi connectivity index (χ3v) is 20.4. The van der Waals surface area contributed by atoms with Crippen LogP contribution < -0.4 is 0 Å². The van der Waals surface area contributed by atoms with Crippen molar-refractivity contribution in [3.8, 4) is 0 Å². The van der Waals surface area contributed by atoms with Gasteiger partial charge in [0.15, 0.2) is 0 Å². The van der Waals surface area contributed by atoms with Crippen LogP contribution >= 0.6 is 0 Å². The van der Waals surface area contributed by atoms with Crippen molar-refractivity contribution in [3.05, 3.63) is 0 Å². The summed E-state index contributed by atoms with van der Waals surface area (Å²) in [4.78, 5) is 3.40. The van der Waals surface area contributed by atoms with Crippen molar-refractivity contribution in [2.45, 2.75) is 230 Å². The smallest absolute Gasteiger partial charge is 0.0104 e. The minimum absolute atomic E-state index is 0.937. The summed E-state index contributed by atoms with van der Waals surface area (Å²) in [6, 6.07) is 2.82. The van der Waals surface area contributed by atoms with Gasteiger partial charge in [-0.25, -0.2) is 0 Å². The molecule has 0 amide bonds. The summed E-state index contributed by atoms with van der Waals surface area (Å²) in [5, 5.41) is 0. The SMILES string of the molecule is C1CCC(C2CCC(N(C3CCC4CCCCC4C3)C3CCC4C(CC5CCCC(C6CCC7CC(C8CCCCC8)CC7C6)C54)C3)CC2)CC1. The molecule has 0 saturated heterocycles. The normalized spacial score (nSPS) is 49.9. The quantitative estimate of drug-likeness (QED) is 0.267. The lowest BCUT2D eigenvalue weighted by molar-refractivity contribution is -0.0327. The van der Waals surface area contributed by atoms with Gasteiger partial charge >= 0.3 is 0 Å². The first-order valence-electron chi connectivity index (χ1n) is 25.0. The molecule has 0 aliphatic heterocycles. The lowest BCUT2D eigenvalue weighted by atomic mass is 9.59. The van der Waals surface area contributed by atoms with Gasteiger partial charge in [-0.1, -0.05) is 103 Å². The molecule has 0 aromatic rings. The fourth-order valence-electron chi connectivity index (χ4n) is 18.2. The molecule has 0 heterocycles. The first-order chi connectivity index (χ1) is 25.2. The summed E-state index contributed by atoms with van der Waals surface area (Å²) in [5.41, 5.74) is 0. The van der Waals surface area contributed by atoms with Crippen LogP contribution in [0.4, 0.5) is 0 Å². The van der Waals surface area contributed by atoms with E-state index in [4.69, 9.17) is 0 Å². The van der Waals surface area contributed by atoms with Crippen LogP contribution in [0.2, 0.25) is 0 Å². The lowest BCUT2D eigenvalue weighted by Crippen LogP contribution is -2.55. The van der Waals surface area contributed by atoms with Crippen LogP contribution in [-0.2, 0) is 0 Å². The van der Waals surface area contributed by atoms with Gasteiger partial charge in [0.25, 0.3) is 0 Å². The Morgan fingerprint density at radius 1 is 0.216 bits per heavy atom. The molecule has 13 unspecified atom stereocenters. The highest BCUT2D eigenvalue weighted by Crippen LogP contribution is 2.61. The molecule has 0 radical (unpaired) electrons. The summed E-state index contributed by atoms with van der Waals surface area (Å²) < 4.78 is 0. The van der Waals surface area contributed by atoms with Crippen LogP contribution in [0.3, 0.4) is 0 Å². The molecule has 0 aromatic heterocycles. The minimum Gasteiger partial charge on any atom is -0.294 e. The molecule has 13 atom stereocenters. The second-order valence-electron chi connectivity index (χ2n) is 22.5. The Hall–Kier alpha value is -0.0400. The molecule has 0 aromatic carbocycles. The monoisotopic (exact) mass is 698 g/mol. The largest absolute Gasteiger partial charge is 0.294 e. The highest BCUT2D eigenvalue weighted by atomic mass is 15.2. The molecular weight excluding hydrogens is 615 g/mol. The van der Waals surface area contributed by atoms with Crippen LogP contribution in [0.15, 0.2) is 0 Å². The van der Waals surface area contributed by atoms with E-state index >= 15 is 0 Å². The molecule has 10 aliphatic rings. The van der Waals surface area contributed by atoms with Crippen molar-refractivity contribution in [1.29, 1.82) is 0 Å². The molecule has 0 spiro atoms. The predicted molar refractivity (Wildman–Crippen MR) is 214 cm³/mol. The zero-order valence-electron chi connectivity index (χ0n) is 33.6. The maximum absolute atomic E-state index is 3.40. The Morgan fingerprint density at radius 2 is 0.627 bits per heavy atom. The number of hydrogen-bond donors (Lipinski definition) is 0. The van der Waals surface area contributed by atoms with Crippen LogP contribution in [0.25, 0.3) is 0 Å². The fourth-order valence-corrected chi connectivity index (χ4v) is 18.2. The second kappa shape index (κ2) is 15.8. The highest BCUT2D eigenvalue weighted by Gasteiger charge is 2.54. The average Bonchev–Trinajstić information content (AvgIpc) is 3.80.